The van der Waals surface area contributed by atoms with Crippen molar-refractivity contribution < 1.29 is 0 Å². The second-order valence-corrected chi connectivity index (χ2v) is 6.74. The van der Waals surface area contributed by atoms with E-state index in [1.165, 1.54) is 56.1 Å². The zero-order valence-electron chi connectivity index (χ0n) is 13.5. The van der Waals surface area contributed by atoms with Crippen LogP contribution in [0.5, 0.6) is 0 Å². The number of aryl methyl sites for hydroxylation is 1. The molecule has 0 aliphatic heterocycles. The highest BCUT2D eigenvalue weighted by Gasteiger charge is 2.37. The Morgan fingerprint density at radius 3 is 2.55 bits per heavy atom. The molecule has 0 bridgehead atoms. The molecule has 0 heterocycles. The van der Waals surface area contributed by atoms with Crippen LogP contribution in [0.4, 0.5) is 0 Å². The van der Waals surface area contributed by atoms with Crippen molar-refractivity contribution in [2.45, 2.75) is 71.8 Å². The molecule has 20 heavy (non-hydrogen) atoms. The molecule has 112 valence electrons. The quantitative estimate of drug-likeness (QED) is 0.714. The third kappa shape index (κ3) is 3.63. The fraction of sp³-hybridized carbons (Fsp3) is 0.684. The van der Waals surface area contributed by atoms with Gasteiger partial charge in [0.05, 0.1) is 0 Å². The van der Waals surface area contributed by atoms with Crippen molar-refractivity contribution in [3.63, 3.8) is 0 Å². The van der Waals surface area contributed by atoms with E-state index in [1.807, 2.05) is 0 Å². The fourth-order valence-electron chi connectivity index (χ4n) is 3.74. The molecule has 1 fully saturated rings. The first kappa shape index (κ1) is 15.6. The van der Waals surface area contributed by atoms with E-state index in [4.69, 9.17) is 0 Å². The average molecular weight is 273 g/mol. The van der Waals surface area contributed by atoms with Crippen molar-refractivity contribution in [2.75, 3.05) is 6.54 Å². The van der Waals surface area contributed by atoms with Gasteiger partial charge in [-0.05, 0) is 48.8 Å². The molecule has 1 aliphatic carbocycles. The zero-order chi connectivity index (χ0) is 14.4. The lowest BCUT2D eigenvalue weighted by Crippen LogP contribution is -2.35. The highest BCUT2D eigenvalue weighted by Crippen LogP contribution is 2.47. The lowest BCUT2D eigenvalue weighted by Gasteiger charge is -2.35. The molecule has 1 unspecified atom stereocenters. The molecular weight excluding hydrogens is 242 g/mol. The molecule has 2 rings (SSSR count). The van der Waals surface area contributed by atoms with Crippen molar-refractivity contribution in [1.82, 2.24) is 5.32 Å². The van der Waals surface area contributed by atoms with Gasteiger partial charge in [-0.15, -0.1) is 0 Å². The van der Waals surface area contributed by atoms with Crippen molar-refractivity contribution in [1.29, 1.82) is 0 Å². The Balaban J connectivity index is 2.23. The van der Waals surface area contributed by atoms with E-state index in [1.54, 1.807) is 0 Å². The van der Waals surface area contributed by atoms with E-state index in [0.717, 1.165) is 6.54 Å². The molecule has 0 saturated heterocycles. The molecule has 1 nitrogen and oxygen atoms in total. The molecule has 0 amide bonds. The lowest BCUT2D eigenvalue weighted by atomic mass is 9.77. The van der Waals surface area contributed by atoms with Crippen LogP contribution in [-0.2, 0) is 6.42 Å². The minimum atomic E-state index is 0.444. The van der Waals surface area contributed by atoms with Gasteiger partial charge in [-0.1, -0.05) is 64.3 Å². The molecule has 1 aromatic carbocycles. The fourth-order valence-corrected chi connectivity index (χ4v) is 3.74. The van der Waals surface area contributed by atoms with Gasteiger partial charge < -0.3 is 5.32 Å². The van der Waals surface area contributed by atoms with E-state index in [2.05, 4.69) is 50.4 Å². The summed E-state index contributed by atoms with van der Waals surface area (Å²) in [7, 11) is 0. The summed E-state index contributed by atoms with van der Waals surface area (Å²) in [4.78, 5) is 0. The summed E-state index contributed by atoms with van der Waals surface area (Å²) >= 11 is 0. The Morgan fingerprint density at radius 1 is 1.15 bits per heavy atom. The Hall–Kier alpha value is -0.820. The predicted octanol–water partition coefficient (Wildman–Crippen LogP) is 5.26. The lowest BCUT2D eigenvalue weighted by molar-refractivity contribution is 0.223. The minimum Gasteiger partial charge on any atom is -0.309 e. The Labute approximate surface area is 125 Å². The van der Waals surface area contributed by atoms with Crippen LogP contribution < -0.4 is 5.32 Å². The maximum absolute atomic E-state index is 3.84. The van der Waals surface area contributed by atoms with E-state index in [9.17, 15) is 0 Å². The van der Waals surface area contributed by atoms with Gasteiger partial charge in [0.15, 0.2) is 0 Å². The molecule has 1 atom stereocenters. The van der Waals surface area contributed by atoms with E-state index >= 15 is 0 Å². The summed E-state index contributed by atoms with van der Waals surface area (Å²) in [5.41, 5.74) is 3.45. The largest absolute Gasteiger partial charge is 0.309 e. The molecule has 0 aromatic heterocycles. The van der Waals surface area contributed by atoms with Crippen LogP contribution >= 0.6 is 0 Å². The van der Waals surface area contributed by atoms with Crippen molar-refractivity contribution in [2.24, 2.45) is 5.41 Å². The summed E-state index contributed by atoms with van der Waals surface area (Å²) in [6, 6.07) is 9.83. The van der Waals surface area contributed by atoms with Gasteiger partial charge in [0, 0.05) is 6.04 Å². The predicted molar refractivity (Wildman–Crippen MR) is 88.0 cm³/mol. The van der Waals surface area contributed by atoms with Crippen LogP contribution in [0.25, 0.3) is 0 Å². The maximum atomic E-state index is 3.84. The highest BCUT2D eigenvalue weighted by molar-refractivity contribution is 5.28. The summed E-state index contributed by atoms with van der Waals surface area (Å²) in [6.45, 7) is 8.13. The topological polar surface area (TPSA) is 12.0 Å². The van der Waals surface area contributed by atoms with Crippen molar-refractivity contribution in [3.8, 4) is 0 Å². The molecule has 1 aliphatic rings. The van der Waals surface area contributed by atoms with E-state index < -0.39 is 0 Å². The normalized spacial score (nSPS) is 19.1. The molecule has 0 radical (unpaired) electrons. The van der Waals surface area contributed by atoms with Gasteiger partial charge in [-0.25, -0.2) is 0 Å². The van der Waals surface area contributed by atoms with Crippen LogP contribution in [0.2, 0.25) is 0 Å². The monoisotopic (exact) mass is 273 g/mol. The Bertz CT molecular complexity index is 404. The number of benzene rings is 1. The van der Waals surface area contributed by atoms with E-state index in [-0.39, 0.29) is 0 Å². The molecule has 1 aromatic rings. The summed E-state index contributed by atoms with van der Waals surface area (Å²) in [6.07, 6.45) is 9.17. The van der Waals surface area contributed by atoms with Crippen LogP contribution in [0.3, 0.4) is 0 Å². The molecule has 1 saturated carbocycles. The second kappa shape index (κ2) is 7.26. The highest BCUT2D eigenvalue weighted by atomic mass is 14.9. The van der Waals surface area contributed by atoms with Crippen LogP contribution in [-0.4, -0.2) is 6.54 Å². The maximum Gasteiger partial charge on any atom is 0.0374 e. The SMILES string of the molecule is CCCNC(c1cccc(CCC)c1)C1(C)CCCC1. The summed E-state index contributed by atoms with van der Waals surface area (Å²) in [5, 5.41) is 3.84. The average Bonchev–Trinajstić information content (AvgIpc) is 2.88. The minimum absolute atomic E-state index is 0.444. The Kier molecular flexibility index (Phi) is 5.65. The van der Waals surface area contributed by atoms with E-state index in [0.29, 0.717) is 11.5 Å². The second-order valence-electron chi connectivity index (χ2n) is 6.74. The molecule has 1 heteroatoms. The van der Waals surface area contributed by atoms with Gasteiger partial charge in [0.2, 0.25) is 0 Å². The van der Waals surface area contributed by atoms with Crippen LogP contribution in [0.15, 0.2) is 24.3 Å². The third-order valence-electron chi connectivity index (χ3n) is 4.86. The molecular formula is C19H31N. The molecule has 1 N–H and O–H groups in total. The number of hydrogen-bond donors (Lipinski definition) is 1. The van der Waals surface area contributed by atoms with Crippen LogP contribution in [0.1, 0.15) is 76.5 Å². The Morgan fingerprint density at radius 2 is 1.90 bits per heavy atom. The smallest absolute Gasteiger partial charge is 0.0374 e. The zero-order valence-corrected chi connectivity index (χ0v) is 13.5. The standard InChI is InChI=1S/C19H31N/c1-4-9-16-10-8-11-17(15-16)18(20-14-5-2)19(3)12-6-7-13-19/h8,10-11,15,18,20H,4-7,9,12-14H2,1-3H3. The van der Waals surface area contributed by atoms with Gasteiger partial charge in [-0.3, -0.25) is 0 Å². The molecule has 0 spiro atoms. The van der Waals surface area contributed by atoms with Crippen LogP contribution in [0, 0.1) is 5.41 Å². The first-order chi connectivity index (χ1) is 9.69. The third-order valence-corrected chi connectivity index (χ3v) is 4.86. The van der Waals surface area contributed by atoms with Gasteiger partial charge in [0.1, 0.15) is 0 Å². The number of hydrogen-bond acceptors (Lipinski definition) is 1. The van der Waals surface area contributed by atoms with Crippen molar-refractivity contribution in [3.05, 3.63) is 35.4 Å². The van der Waals surface area contributed by atoms with Gasteiger partial charge >= 0.3 is 0 Å². The number of rotatable bonds is 7. The van der Waals surface area contributed by atoms with Gasteiger partial charge in [0.25, 0.3) is 0 Å². The number of nitrogens with one attached hydrogen (secondary N) is 1. The van der Waals surface area contributed by atoms with Crippen molar-refractivity contribution >= 4 is 0 Å². The first-order valence-corrected chi connectivity index (χ1v) is 8.52. The van der Waals surface area contributed by atoms with Gasteiger partial charge in [-0.2, -0.15) is 0 Å². The summed E-state index contributed by atoms with van der Waals surface area (Å²) < 4.78 is 0. The first-order valence-electron chi connectivity index (χ1n) is 8.52. The summed E-state index contributed by atoms with van der Waals surface area (Å²) in [5.74, 6) is 0.